The van der Waals surface area contributed by atoms with Gasteiger partial charge in [-0.15, -0.1) is 0 Å². The fraction of sp³-hybridized carbons (Fsp3) is 0.875. The number of carbonyl (C=O) groups excluding carboxylic acids is 2. The summed E-state index contributed by atoms with van der Waals surface area (Å²) in [6, 6.07) is 0. The number of aliphatic hydroxyl groups is 2. The predicted molar refractivity (Wildman–Crippen MR) is 144 cm³/mol. The SMILES string of the molecule is CC(=O)O[C@@H]1O[C@@H]([C@@H]2OC2(C)C)C[C@H]1[C@@H]1CC=C2[C@]3(C)[C@H](O)C[C@H]4C(C)(C)C(=O)CC(O)[C@]4(C)[C@H]3CC[C@]21C. The fourth-order valence-electron chi connectivity index (χ4n) is 10.7. The first-order valence-electron chi connectivity index (χ1n) is 15.1. The number of hydrogen-bond donors (Lipinski definition) is 2. The molecule has 218 valence electrons. The van der Waals surface area contributed by atoms with Gasteiger partial charge >= 0.3 is 5.97 Å². The Bertz CT molecular complexity index is 1110. The molecule has 5 fully saturated rings. The van der Waals surface area contributed by atoms with Crippen LogP contribution in [0.25, 0.3) is 0 Å². The molecule has 39 heavy (non-hydrogen) atoms. The number of carbonyl (C=O) groups is 2. The van der Waals surface area contributed by atoms with Crippen molar-refractivity contribution in [3.8, 4) is 0 Å². The zero-order chi connectivity index (χ0) is 28.5. The first-order valence-corrected chi connectivity index (χ1v) is 15.1. The summed E-state index contributed by atoms with van der Waals surface area (Å²) < 4.78 is 18.1. The fourth-order valence-corrected chi connectivity index (χ4v) is 10.7. The van der Waals surface area contributed by atoms with Crippen LogP contribution in [0.5, 0.6) is 0 Å². The number of allylic oxidation sites excluding steroid dienone is 1. The van der Waals surface area contributed by atoms with E-state index in [1.807, 2.05) is 13.8 Å². The van der Waals surface area contributed by atoms with Crippen LogP contribution in [-0.2, 0) is 23.8 Å². The van der Waals surface area contributed by atoms with Crippen LogP contribution in [0.4, 0.5) is 0 Å². The second-order valence-corrected chi connectivity index (χ2v) is 15.5. The van der Waals surface area contributed by atoms with E-state index in [0.29, 0.717) is 6.42 Å². The number of aliphatic hydroxyl groups excluding tert-OH is 2. The van der Waals surface area contributed by atoms with Crippen LogP contribution in [0.1, 0.15) is 93.9 Å². The number of hydrogen-bond acceptors (Lipinski definition) is 7. The Morgan fingerprint density at radius 2 is 1.69 bits per heavy atom. The molecule has 4 aliphatic carbocycles. The molecule has 6 aliphatic rings. The summed E-state index contributed by atoms with van der Waals surface area (Å²) in [5, 5.41) is 23.4. The molecule has 1 unspecified atom stereocenters. The summed E-state index contributed by atoms with van der Waals surface area (Å²) in [6.45, 7) is 16.3. The summed E-state index contributed by atoms with van der Waals surface area (Å²) in [7, 11) is 0. The Balaban J connectivity index is 1.33. The van der Waals surface area contributed by atoms with E-state index in [4.69, 9.17) is 14.2 Å². The van der Waals surface area contributed by atoms with E-state index in [0.717, 1.165) is 25.7 Å². The second-order valence-electron chi connectivity index (χ2n) is 15.5. The third-order valence-corrected chi connectivity index (χ3v) is 13.0. The summed E-state index contributed by atoms with van der Waals surface area (Å²) in [5.74, 6) is 0.0163. The van der Waals surface area contributed by atoms with Crippen LogP contribution in [0.15, 0.2) is 11.6 Å². The molecule has 2 saturated heterocycles. The van der Waals surface area contributed by atoms with E-state index >= 15 is 0 Å². The van der Waals surface area contributed by atoms with Gasteiger partial charge in [0.2, 0.25) is 6.29 Å². The molecule has 0 bridgehead atoms. The maximum atomic E-state index is 13.0. The van der Waals surface area contributed by atoms with Gasteiger partial charge in [0.25, 0.3) is 0 Å². The number of Topliss-reactive ketones (excluding diaryl/α,β-unsaturated/α-hetero) is 1. The van der Waals surface area contributed by atoms with E-state index in [-0.39, 0.29) is 65.1 Å². The van der Waals surface area contributed by atoms with Crippen LogP contribution < -0.4 is 0 Å². The molecule has 3 saturated carbocycles. The zero-order valence-corrected chi connectivity index (χ0v) is 25.0. The summed E-state index contributed by atoms with van der Waals surface area (Å²) in [4.78, 5) is 25.1. The highest BCUT2D eigenvalue weighted by atomic mass is 16.7. The quantitative estimate of drug-likeness (QED) is 0.305. The highest BCUT2D eigenvalue weighted by Crippen LogP contribution is 2.73. The Morgan fingerprint density at radius 1 is 1.03 bits per heavy atom. The van der Waals surface area contributed by atoms with Gasteiger partial charge in [-0.2, -0.15) is 0 Å². The first-order chi connectivity index (χ1) is 18.0. The van der Waals surface area contributed by atoms with Gasteiger partial charge in [-0.1, -0.05) is 46.3 Å². The lowest BCUT2D eigenvalue weighted by Crippen LogP contribution is -2.68. The topological polar surface area (TPSA) is 106 Å². The van der Waals surface area contributed by atoms with Gasteiger partial charge in [0.1, 0.15) is 11.9 Å². The van der Waals surface area contributed by atoms with Gasteiger partial charge in [-0.25, -0.2) is 0 Å². The van der Waals surface area contributed by atoms with Crippen molar-refractivity contribution in [3.05, 3.63) is 11.6 Å². The lowest BCUT2D eigenvalue weighted by Gasteiger charge is -2.68. The molecule has 2 aliphatic heterocycles. The van der Waals surface area contributed by atoms with Crippen molar-refractivity contribution < 1.29 is 34.0 Å². The molecule has 2 heterocycles. The molecule has 0 radical (unpaired) electrons. The van der Waals surface area contributed by atoms with Gasteiger partial charge in [0, 0.05) is 35.5 Å². The van der Waals surface area contributed by atoms with E-state index in [9.17, 15) is 19.8 Å². The first kappa shape index (κ1) is 27.9. The van der Waals surface area contributed by atoms with E-state index in [1.165, 1.54) is 12.5 Å². The Morgan fingerprint density at radius 3 is 2.31 bits per heavy atom. The predicted octanol–water partition coefficient (Wildman–Crippen LogP) is 4.57. The van der Waals surface area contributed by atoms with Gasteiger partial charge < -0.3 is 24.4 Å². The van der Waals surface area contributed by atoms with Crippen LogP contribution in [0.3, 0.4) is 0 Å². The van der Waals surface area contributed by atoms with Crippen LogP contribution in [0, 0.1) is 45.3 Å². The van der Waals surface area contributed by atoms with Crippen molar-refractivity contribution in [1.82, 2.24) is 0 Å². The number of fused-ring (bicyclic) bond motifs is 5. The average Bonchev–Trinajstić information content (AvgIpc) is 3.11. The Labute approximate surface area is 233 Å². The number of rotatable bonds is 3. The van der Waals surface area contributed by atoms with Gasteiger partial charge in [-0.05, 0) is 69.1 Å². The summed E-state index contributed by atoms with van der Waals surface area (Å²) >= 11 is 0. The highest BCUT2D eigenvalue weighted by Gasteiger charge is 2.71. The molecule has 0 aromatic heterocycles. The van der Waals surface area contributed by atoms with E-state index in [1.54, 1.807) is 0 Å². The number of ketones is 1. The normalized spacial score (nSPS) is 53.3. The molecule has 0 spiro atoms. The van der Waals surface area contributed by atoms with Gasteiger partial charge in [0.05, 0.1) is 23.9 Å². The van der Waals surface area contributed by atoms with E-state index < -0.39 is 34.7 Å². The number of esters is 1. The standard InChI is InChI=1S/C32H48O7/c1-16(33)37-27-17(13-19(38-27)26-29(4,5)39-26)18-9-10-20-30(18,6)12-11-21-31(20,7)24(35)14-22-28(2,3)23(34)15-25(36)32(21,22)8/h10,17-19,21-22,24-27,35-36H,9,11-15H2,1-8H3/t17-,18-,19+,21-,22-,24+,25?,26-,27+,30-,31-,32+/m0/s1. The minimum atomic E-state index is -0.707. The summed E-state index contributed by atoms with van der Waals surface area (Å²) in [6.07, 6.45) is 4.48. The molecular weight excluding hydrogens is 496 g/mol. The minimum Gasteiger partial charge on any atom is -0.436 e. The van der Waals surface area contributed by atoms with Crippen molar-refractivity contribution in [2.45, 2.75) is 130 Å². The third kappa shape index (κ3) is 3.61. The highest BCUT2D eigenvalue weighted by molar-refractivity contribution is 5.86. The molecular formula is C32H48O7. The lowest BCUT2D eigenvalue weighted by atomic mass is 9.36. The minimum absolute atomic E-state index is 0.00588. The lowest BCUT2D eigenvalue weighted by molar-refractivity contribution is -0.224. The maximum Gasteiger partial charge on any atom is 0.304 e. The third-order valence-electron chi connectivity index (χ3n) is 13.0. The Hall–Kier alpha value is -1.28. The Kier molecular flexibility index (Phi) is 6.00. The average molecular weight is 545 g/mol. The number of ether oxygens (including phenoxy) is 3. The van der Waals surface area contributed by atoms with Gasteiger partial charge in [-0.3, -0.25) is 9.59 Å². The smallest absolute Gasteiger partial charge is 0.304 e. The zero-order valence-electron chi connectivity index (χ0n) is 25.0. The van der Waals surface area contributed by atoms with Crippen molar-refractivity contribution in [2.75, 3.05) is 0 Å². The van der Waals surface area contributed by atoms with Crippen molar-refractivity contribution in [3.63, 3.8) is 0 Å². The molecule has 0 aromatic rings. The largest absolute Gasteiger partial charge is 0.436 e. The van der Waals surface area contributed by atoms with Crippen molar-refractivity contribution >= 4 is 11.8 Å². The van der Waals surface area contributed by atoms with E-state index in [2.05, 4.69) is 40.7 Å². The molecule has 2 N–H and O–H groups in total. The molecule has 6 rings (SSSR count). The molecule has 0 amide bonds. The molecule has 7 nitrogen and oxygen atoms in total. The molecule has 0 aromatic carbocycles. The van der Waals surface area contributed by atoms with Crippen LogP contribution in [0.2, 0.25) is 0 Å². The van der Waals surface area contributed by atoms with Crippen molar-refractivity contribution in [1.29, 1.82) is 0 Å². The number of epoxide rings is 1. The van der Waals surface area contributed by atoms with Crippen LogP contribution >= 0.6 is 0 Å². The summed E-state index contributed by atoms with van der Waals surface area (Å²) in [5.41, 5.74) is -0.636. The van der Waals surface area contributed by atoms with Gasteiger partial charge in [0.15, 0.2) is 0 Å². The van der Waals surface area contributed by atoms with Crippen LogP contribution in [-0.4, -0.2) is 58.3 Å². The second kappa shape index (κ2) is 8.39. The van der Waals surface area contributed by atoms with Crippen molar-refractivity contribution in [2.24, 2.45) is 45.3 Å². The molecule has 12 atom stereocenters. The monoisotopic (exact) mass is 544 g/mol. The maximum absolute atomic E-state index is 13.0. The molecule has 7 heteroatoms.